The number of ether oxygens (including phenoxy) is 2. The maximum absolute atomic E-state index is 12.6. The molecule has 1 heterocycles. The Bertz CT molecular complexity index is 977. The lowest BCUT2D eigenvalue weighted by molar-refractivity contribution is 0.0975. The molecule has 0 saturated heterocycles. The smallest absolute Gasteiger partial charge is 0.257 e. The molecule has 3 rings (SSSR count). The Morgan fingerprint density at radius 2 is 2.03 bits per heavy atom. The molecule has 7 nitrogen and oxygen atoms in total. The number of thiocarbonyl (C=S) groups is 1. The van der Waals surface area contributed by atoms with Crippen LogP contribution in [-0.4, -0.2) is 37.3 Å². The van der Waals surface area contributed by atoms with Gasteiger partial charge in [-0.25, -0.2) is 0 Å². The van der Waals surface area contributed by atoms with Crippen molar-refractivity contribution in [1.29, 1.82) is 0 Å². The molecule has 2 aromatic rings. The zero-order valence-corrected chi connectivity index (χ0v) is 19.6. The van der Waals surface area contributed by atoms with Crippen LogP contribution in [0.2, 0.25) is 0 Å². The largest absolute Gasteiger partial charge is 0.490 e. The molecule has 0 fully saturated rings. The van der Waals surface area contributed by atoms with Crippen molar-refractivity contribution >= 4 is 61.4 Å². The second kappa shape index (κ2) is 10.3. The van der Waals surface area contributed by atoms with Crippen LogP contribution >= 0.6 is 39.5 Å². The first kappa shape index (κ1) is 22.7. The van der Waals surface area contributed by atoms with E-state index in [0.717, 1.165) is 36.1 Å². The summed E-state index contributed by atoms with van der Waals surface area (Å²) >= 11 is 10.2. The number of nitrogens with one attached hydrogen (secondary N) is 2. The topological polar surface area (TPSA) is 103 Å². The fourth-order valence-electron chi connectivity index (χ4n) is 3.22. The summed E-state index contributed by atoms with van der Waals surface area (Å²) in [7, 11) is 1.60. The molecule has 0 radical (unpaired) electrons. The number of aryl methyl sites for hydroxylation is 1. The summed E-state index contributed by atoms with van der Waals surface area (Å²) in [5.41, 5.74) is 7.49. The monoisotopic (exact) mass is 511 g/mol. The molecule has 1 aliphatic rings. The van der Waals surface area contributed by atoms with Crippen LogP contribution in [0.1, 0.15) is 44.0 Å². The van der Waals surface area contributed by atoms with E-state index < -0.39 is 5.91 Å². The van der Waals surface area contributed by atoms with Crippen LogP contribution < -0.4 is 21.1 Å². The highest BCUT2D eigenvalue weighted by Gasteiger charge is 2.24. The van der Waals surface area contributed by atoms with Gasteiger partial charge in [0.2, 0.25) is 0 Å². The van der Waals surface area contributed by atoms with Crippen molar-refractivity contribution in [1.82, 2.24) is 5.32 Å². The zero-order chi connectivity index (χ0) is 21.7. The fraction of sp³-hybridized carbons (Fsp3) is 0.350. The van der Waals surface area contributed by atoms with Gasteiger partial charge in [0, 0.05) is 17.6 Å². The predicted molar refractivity (Wildman–Crippen MR) is 125 cm³/mol. The van der Waals surface area contributed by atoms with Gasteiger partial charge in [0.05, 0.1) is 16.6 Å². The van der Waals surface area contributed by atoms with Gasteiger partial charge in [-0.3, -0.25) is 14.9 Å². The van der Waals surface area contributed by atoms with Gasteiger partial charge < -0.3 is 20.5 Å². The van der Waals surface area contributed by atoms with Crippen LogP contribution in [-0.2, 0) is 17.6 Å². The standard InChI is InChI=1S/C20H22BrN3O4S2/c1-27-8-9-28-14-7-6-11(10-13(14)21)18(26)23-20(29)24-19-16(17(22)25)12-4-2-3-5-15(12)30-19/h6-7,10H,2-5,8-9H2,1H3,(H2,22,25)(H2,23,24,26,29). The average molecular weight is 512 g/mol. The molecular weight excluding hydrogens is 490 g/mol. The molecular formula is C20H22BrN3O4S2. The van der Waals surface area contributed by atoms with E-state index in [1.54, 1.807) is 25.3 Å². The molecule has 10 heteroatoms. The number of halogens is 1. The number of fused-ring (bicyclic) bond motifs is 1. The molecule has 1 aromatic carbocycles. The average Bonchev–Trinajstić information content (AvgIpc) is 3.07. The molecule has 0 saturated carbocycles. The van der Waals surface area contributed by atoms with Crippen LogP contribution in [0.25, 0.3) is 0 Å². The number of hydrogen-bond donors (Lipinski definition) is 3. The van der Waals surface area contributed by atoms with Crippen LogP contribution in [0.5, 0.6) is 5.75 Å². The second-order valence-electron chi connectivity index (χ2n) is 6.67. The maximum Gasteiger partial charge on any atom is 0.257 e. The molecule has 1 aromatic heterocycles. The number of amides is 2. The summed E-state index contributed by atoms with van der Waals surface area (Å²) in [5.74, 6) is -0.253. The number of hydrogen-bond acceptors (Lipinski definition) is 6. The summed E-state index contributed by atoms with van der Waals surface area (Å²) in [5, 5.41) is 6.32. The molecule has 0 aliphatic heterocycles. The van der Waals surface area contributed by atoms with Gasteiger partial charge in [-0.05, 0) is 77.6 Å². The van der Waals surface area contributed by atoms with Gasteiger partial charge >= 0.3 is 0 Å². The summed E-state index contributed by atoms with van der Waals surface area (Å²) in [6, 6.07) is 4.99. The van der Waals surface area contributed by atoms with Crippen molar-refractivity contribution in [3.8, 4) is 5.75 Å². The summed E-state index contributed by atoms with van der Waals surface area (Å²) in [4.78, 5) is 25.7. The van der Waals surface area contributed by atoms with Crippen molar-refractivity contribution in [2.45, 2.75) is 25.7 Å². The van der Waals surface area contributed by atoms with Gasteiger partial charge in [-0.2, -0.15) is 0 Å². The third-order valence-electron chi connectivity index (χ3n) is 4.61. The first-order valence-electron chi connectivity index (χ1n) is 9.38. The Balaban J connectivity index is 1.67. The number of carbonyl (C=O) groups excluding carboxylic acids is 2. The van der Waals surface area contributed by atoms with E-state index in [2.05, 4.69) is 26.6 Å². The van der Waals surface area contributed by atoms with E-state index >= 15 is 0 Å². The van der Waals surface area contributed by atoms with E-state index in [0.29, 0.717) is 39.6 Å². The summed E-state index contributed by atoms with van der Waals surface area (Å²) < 4.78 is 11.2. The number of rotatable bonds is 7. The lowest BCUT2D eigenvalue weighted by atomic mass is 9.95. The lowest BCUT2D eigenvalue weighted by Crippen LogP contribution is -2.34. The highest BCUT2D eigenvalue weighted by molar-refractivity contribution is 9.10. The van der Waals surface area contributed by atoms with Gasteiger partial charge in [0.25, 0.3) is 11.8 Å². The Kier molecular flexibility index (Phi) is 7.81. The molecule has 0 unspecified atom stereocenters. The van der Waals surface area contributed by atoms with Gasteiger partial charge in [-0.15, -0.1) is 11.3 Å². The number of benzene rings is 1. The Hall–Kier alpha value is -2.01. The summed E-state index contributed by atoms with van der Waals surface area (Å²) in [6.45, 7) is 0.871. The highest BCUT2D eigenvalue weighted by Crippen LogP contribution is 2.37. The van der Waals surface area contributed by atoms with E-state index in [1.807, 2.05) is 0 Å². The molecule has 1 aliphatic carbocycles. The van der Waals surface area contributed by atoms with E-state index in [4.69, 9.17) is 27.4 Å². The van der Waals surface area contributed by atoms with Crippen LogP contribution in [0.3, 0.4) is 0 Å². The van der Waals surface area contributed by atoms with E-state index in [-0.39, 0.29) is 11.0 Å². The number of primary amides is 1. The van der Waals surface area contributed by atoms with Crippen molar-refractivity contribution in [3.63, 3.8) is 0 Å². The minimum atomic E-state index is -0.487. The number of carbonyl (C=O) groups is 2. The molecule has 4 N–H and O–H groups in total. The third kappa shape index (κ3) is 5.37. The SMILES string of the molecule is COCCOc1ccc(C(=O)NC(=S)Nc2sc3c(c2C(N)=O)CCCC3)cc1Br. The Morgan fingerprint density at radius 3 is 2.73 bits per heavy atom. The van der Waals surface area contributed by atoms with Gasteiger partial charge in [0.1, 0.15) is 17.4 Å². The zero-order valence-electron chi connectivity index (χ0n) is 16.4. The number of nitrogens with two attached hydrogens (primary N) is 1. The van der Waals surface area contributed by atoms with E-state index in [1.165, 1.54) is 11.3 Å². The molecule has 0 spiro atoms. The second-order valence-corrected chi connectivity index (χ2v) is 9.04. The lowest BCUT2D eigenvalue weighted by Gasteiger charge is -2.12. The first-order chi connectivity index (χ1) is 14.4. The van der Waals surface area contributed by atoms with Gasteiger partial charge in [-0.1, -0.05) is 0 Å². The van der Waals surface area contributed by atoms with E-state index in [9.17, 15) is 9.59 Å². The number of anilines is 1. The molecule has 0 atom stereocenters. The Morgan fingerprint density at radius 1 is 1.27 bits per heavy atom. The van der Waals surface area contributed by atoms with Gasteiger partial charge in [0.15, 0.2) is 5.11 Å². The molecule has 160 valence electrons. The molecule has 2 amide bonds. The Labute approximate surface area is 192 Å². The molecule has 0 bridgehead atoms. The quantitative estimate of drug-likeness (QED) is 0.387. The van der Waals surface area contributed by atoms with Crippen LogP contribution in [0.15, 0.2) is 22.7 Å². The highest BCUT2D eigenvalue weighted by atomic mass is 79.9. The summed E-state index contributed by atoms with van der Waals surface area (Å²) in [6.07, 6.45) is 3.88. The number of thiophene rings is 1. The van der Waals surface area contributed by atoms with Crippen molar-refractivity contribution in [2.24, 2.45) is 5.73 Å². The number of methoxy groups -OCH3 is 1. The van der Waals surface area contributed by atoms with Crippen molar-refractivity contribution in [3.05, 3.63) is 44.2 Å². The first-order valence-corrected chi connectivity index (χ1v) is 11.4. The minimum absolute atomic E-state index is 0.109. The third-order valence-corrected chi connectivity index (χ3v) is 6.64. The van der Waals surface area contributed by atoms with Crippen LogP contribution in [0.4, 0.5) is 5.00 Å². The van der Waals surface area contributed by atoms with Crippen LogP contribution in [0, 0.1) is 0 Å². The van der Waals surface area contributed by atoms with Crippen molar-refractivity contribution in [2.75, 3.05) is 25.6 Å². The van der Waals surface area contributed by atoms with Crippen molar-refractivity contribution < 1.29 is 19.1 Å². The fourth-order valence-corrected chi connectivity index (χ4v) is 5.27. The maximum atomic E-state index is 12.6. The minimum Gasteiger partial charge on any atom is -0.490 e. The molecule has 30 heavy (non-hydrogen) atoms. The predicted octanol–water partition coefficient (Wildman–Crippen LogP) is 3.64. The normalized spacial score (nSPS) is 12.7.